The second-order valence-corrected chi connectivity index (χ2v) is 20.5. The molecule has 3 heterocycles. The van der Waals surface area contributed by atoms with E-state index in [1.807, 2.05) is 6.07 Å². The maximum Gasteiger partial charge on any atom is 0.268 e. The first kappa shape index (κ1) is 29.3. The standard InChI is InChI=1S/C30H41N5O4SSi/c1-22-20-29(2,3)34(21-22)27-24(28(36)33-40(37,38)23-10-8-7-9-11-23)12-13-25(31-27)35-18-14-26(32-35)39-19-17-30(15-16-30)41(4,5)6/h7-14,18,22H,15-17,19-21H2,1-6H3,(H,33,36)/q-1/t22-/m0/s1. The summed E-state index contributed by atoms with van der Waals surface area (Å²) in [5, 5.41) is 5.09. The third-order valence-electron chi connectivity index (χ3n) is 8.79. The van der Waals surface area contributed by atoms with E-state index < -0.39 is 24.0 Å². The molecule has 0 bridgehead atoms. The van der Waals surface area contributed by atoms with Crippen molar-refractivity contribution in [2.24, 2.45) is 5.92 Å². The Morgan fingerprint density at radius 2 is 1.80 bits per heavy atom. The van der Waals surface area contributed by atoms with Crippen molar-refractivity contribution in [1.29, 1.82) is 0 Å². The molecule has 1 aromatic carbocycles. The minimum absolute atomic E-state index is 0.0242. The zero-order chi connectivity index (χ0) is 29.6. The zero-order valence-electron chi connectivity index (χ0n) is 24.8. The van der Waals surface area contributed by atoms with Gasteiger partial charge in [0, 0.05) is 24.3 Å². The highest BCUT2D eigenvalue weighted by molar-refractivity contribution is 7.90. The van der Waals surface area contributed by atoms with Gasteiger partial charge in [-0.05, 0) is 56.9 Å². The average molecular weight is 596 g/mol. The minimum Gasteiger partial charge on any atom is -0.477 e. The maximum atomic E-state index is 13.4. The number of sulfonamides is 1. The van der Waals surface area contributed by atoms with Gasteiger partial charge in [-0.25, -0.2) is 22.8 Å². The summed E-state index contributed by atoms with van der Waals surface area (Å²) in [5.41, 5.74) is -0.0774. The molecule has 2 fully saturated rings. The number of carbonyl (C=O) groups is 1. The van der Waals surface area contributed by atoms with Gasteiger partial charge in [-0.3, -0.25) is 4.79 Å². The summed E-state index contributed by atoms with van der Waals surface area (Å²) in [6.45, 7) is 15.0. The predicted octanol–water partition coefficient (Wildman–Crippen LogP) is 5.65. The van der Waals surface area contributed by atoms with Crippen LogP contribution in [0.4, 0.5) is 5.82 Å². The van der Waals surface area contributed by atoms with Crippen molar-refractivity contribution >= 4 is 29.8 Å². The highest BCUT2D eigenvalue weighted by Crippen LogP contribution is 2.63. The number of aromatic nitrogens is 3. The average Bonchev–Trinajstić information content (AvgIpc) is 3.47. The maximum absolute atomic E-state index is 13.4. The van der Waals surface area contributed by atoms with Crippen LogP contribution in [0.2, 0.25) is 24.7 Å². The molecule has 5 rings (SSSR count). The number of nitrogens with one attached hydrogen (secondary N) is 1. The lowest BCUT2D eigenvalue weighted by Gasteiger charge is -2.39. The van der Waals surface area contributed by atoms with Gasteiger partial charge in [0.25, 0.3) is 15.9 Å². The van der Waals surface area contributed by atoms with E-state index in [1.165, 1.54) is 25.0 Å². The molecule has 1 aliphatic heterocycles. The summed E-state index contributed by atoms with van der Waals surface area (Å²) in [5.74, 6) is 1.15. The van der Waals surface area contributed by atoms with Crippen LogP contribution < -0.4 is 14.4 Å². The number of anilines is 1. The number of rotatable bonds is 10. The molecule has 2 aliphatic rings. The van der Waals surface area contributed by atoms with Crippen LogP contribution in [0.5, 0.6) is 5.88 Å². The number of amides is 1. The van der Waals surface area contributed by atoms with E-state index in [9.17, 15) is 13.2 Å². The number of carbonyl (C=O) groups excluding carboxylic acids is 1. The van der Waals surface area contributed by atoms with Crippen LogP contribution in [0.1, 0.15) is 56.8 Å². The van der Waals surface area contributed by atoms with Crippen LogP contribution >= 0.6 is 0 Å². The van der Waals surface area contributed by atoms with Crippen molar-refractivity contribution in [2.45, 2.75) is 81.6 Å². The largest absolute Gasteiger partial charge is 0.477 e. The Morgan fingerprint density at radius 3 is 2.41 bits per heavy atom. The smallest absolute Gasteiger partial charge is 0.268 e. The Bertz CT molecular complexity index is 1530. The van der Waals surface area contributed by atoms with Crippen LogP contribution in [0.25, 0.3) is 5.82 Å². The number of pyridine rings is 1. The molecule has 1 N–H and O–H groups in total. The third-order valence-corrected chi connectivity index (χ3v) is 14.1. The van der Waals surface area contributed by atoms with Gasteiger partial charge < -0.3 is 9.64 Å². The minimum atomic E-state index is -4.05. The van der Waals surface area contributed by atoms with Crippen molar-refractivity contribution in [3.8, 4) is 11.7 Å². The van der Waals surface area contributed by atoms with Gasteiger partial charge in [0.05, 0.1) is 17.1 Å². The molecule has 1 aliphatic carbocycles. The van der Waals surface area contributed by atoms with Gasteiger partial charge >= 0.3 is 0 Å². The molecule has 1 atom stereocenters. The molecule has 1 saturated carbocycles. The van der Waals surface area contributed by atoms with Gasteiger partial charge in [0.15, 0.2) is 5.82 Å². The lowest BCUT2D eigenvalue weighted by molar-refractivity contribution is 0.0981. The lowest BCUT2D eigenvalue weighted by Crippen LogP contribution is -2.41. The molecular weight excluding hydrogens is 555 g/mol. The Balaban J connectivity index is 1.40. The molecule has 221 valence electrons. The fourth-order valence-corrected chi connectivity index (χ4v) is 9.60. The fourth-order valence-electron chi connectivity index (χ4n) is 6.13. The van der Waals surface area contributed by atoms with Crippen molar-refractivity contribution in [1.82, 2.24) is 19.5 Å². The van der Waals surface area contributed by atoms with Crippen LogP contribution in [-0.4, -0.2) is 55.9 Å². The molecular formula is C30H41N5O4SSi-. The number of nitrogens with zero attached hydrogens (tertiary/aromatic N) is 4. The molecule has 9 nitrogen and oxygen atoms in total. The van der Waals surface area contributed by atoms with Crippen molar-refractivity contribution < 1.29 is 17.9 Å². The van der Waals surface area contributed by atoms with E-state index >= 15 is 0 Å². The Kier molecular flexibility index (Phi) is 7.56. The summed E-state index contributed by atoms with van der Waals surface area (Å²) < 4.78 is 35.8. The second kappa shape index (κ2) is 10.6. The van der Waals surface area contributed by atoms with Crippen LogP contribution in [-0.2, 0) is 10.0 Å². The van der Waals surface area contributed by atoms with Crippen LogP contribution in [0, 0.1) is 5.92 Å². The molecule has 11 heteroatoms. The second-order valence-electron chi connectivity index (χ2n) is 13.2. The normalized spacial score (nSPS) is 19.7. The van der Waals surface area contributed by atoms with E-state index in [0.717, 1.165) is 12.8 Å². The van der Waals surface area contributed by atoms with Crippen molar-refractivity contribution in [2.75, 3.05) is 18.1 Å². The fraction of sp³-hybridized carbons (Fsp3) is 0.500. The molecule has 3 aromatic rings. The highest BCUT2D eigenvalue weighted by Gasteiger charge is 2.43. The molecule has 0 spiro atoms. The van der Waals surface area contributed by atoms with Crippen LogP contribution in [0.15, 0.2) is 59.6 Å². The van der Waals surface area contributed by atoms with Gasteiger partial charge in [-0.1, -0.05) is 38.0 Å². The number of hydrogen-bond donors (Lipinski definition) is 1. The Morgan fingerprint density at radius 1 is 1.10 bits per heavy atom. The molecule has 0 radical (unpaired) electrons. The molecule has 41 heavy (non-hydrogen) atoms. The van der Waals surface area contributed by atoms with E-state index in [2.05, 4.69) is 55.1 Å². The Hall–Kier alpha value is -3.18. The monoisotopic (exact) mass is 595 g/mol. The van der Waals surface area contributed by atoms with Crippen LogP contribution in [0.3, 0.4) is 0 Å². The van der Waals surface area contributed by atoms with Crippen molar-refractivity contribution in [3.63, 3.8) is 0 Å². The molecule has 2 aromatic heterocycles. The van der Waals surface area contributed by atoms with Gasteiger partial charge in [0.2, 0.25) is 5.88 Å². The quantitative estimate of drug-likeness (QED) is 0.302. The third kappa shape index (κ3) is 6.06. The molecule has 0 unspecified atom stereocenters. The van der Waals surface area contributed by atoms with E-state index in [-0.39, 0.29) is 16.0 Å². The first-order chi connectivity index (χ1) is 19.2. The summed E-state index contributed by atoms with van der Waals surface area (Å²) in [6.07, 6.45) is 6.36. The van der Waals surface area contributed by atoms with E-state index in [1.54, 1.807) is 41.2 Å². The Labute approximate surface area is 244 Å². The van der Waals surface area contributed by atoms with Gasteiger partial charge in [-0.15, -0.1) is 18.2 Å². The first-order valence-electron chi connectivity index (χ1n) is 14.3. The summed E-state index contributed by atoms with van der Waals surface area (Å²) in [4.78, 5) is 20.4. The van der Waals surface area contributed by atoms with E-state index in [4.69, 9.17) is 9.72 Å². The zero-order valence-corrected chi connectivity index (χ0v) is 26.7. The summed E-state index contributed by atoms with van der Waals surface area (Å²) in [6, 6.07) is 13.0. The molecule has 1 amide bonds. The number of hydrogen-bond acceptors (Lipinski definition) is 7. The lowest BCUT2D eigenvalue weighted by atomic mass is 9.97. The van der Waals surface area contributed by atoms with E-state index in [0.29, 0.717) is 41.6 Å². The summed E-state index contributed by atoms with van der Waals surface area (Å²) in [7, 11) is -5.28. The van der Waals surface area contributed by atoms with Gasteiger partial charge in [-0.2, -0.15) is 19.6 Å². The predicted molar refractivity (Wildman–Crippen MR) is 163 cm³/mol. The van der Waals surface area contributed by atoms with Gasteiger partial charge in [0.1, 0.15) is 5.82 Å². The summed E-state index contributed by atoms with van der Waals surface area (Å²) >= 11 is 0. The SMILES string of the molecule is C[C@@H]1CN(c2nc(-n3ccc(OCCC4([Si-](C)(C)C)CC4)n3)ccc2C(=O)NS(=O)(=O)c2ccccc2)C(C)(C)C1. The highest BCUT2D eigenvalue weighted by atomic mass is 32.2. The van der Waals surface area contributed by atoms with Crippen molar-refractivity contribution in [3.05, 3.63) is 60.3 Å². The number of benzene rings is 1. The number of ether oxygens (including phenoxy) is 1. The first-order valence-corrected chi connectivity index (χ1v) is 19.3. The molecule has 1 saturated heterocycles. The topological polar surface area (TPSA) is 106 Å².